The Morgan fingerprint density at radius 1 is 1.29 bits per heavy atom. The van der Waals surface area contributed by atoms with E-state index < -0.39 is 12.2 Å². The minimum Gasteiger partial charge on any atom is -0.359 e. The molecular formula is C12H14N2O3. The van der Waals surface area contributed by atoms with E-state index in [4.69, 9.17) is 5.73 Å². The smallest absolute Gasteiger partial charge is 0.359 e. The molecule has 1 saturated heterocycles. The summed E-state index contributed by atoms with van der Waals surface area (Å²) in [5.74, 6) is 0. The maximum Gasteiger partial charge on any atom is 0.419 e. The van der Waals surface area contributed by atoms with Crippen molar-refractivity contribution in [2.75, 3.05) is 6.54 Å². The number of amides is 2. The number of nitrogens with two attached hydrogens (primary N) is 1. The summed E-state index contributed by atoms with van der Waals surface area (Å²) in [6.45, 7) is 0.589. The third-order valence-electron chi connectivity index (χ3n) is 2.86. The van der Waals surface area contributed by atoms with E-state index in [1.54, 1.807) is 4.90 Å². The normalized spacial score (nSPS) is 19.1. The van der Waals surface area contributed by atoms with Crippen LogP contribution in [0.1, 0.15) is 24.4 Å². The summed E-state index contributed by atoms with van der Waals surface area (Å²) in [6, 6.07) is 9.66. The summed E-state index contributed by atoms with van der Waals surface area (Å²) < 4.78 is 4.41. The van der Waals surface area contributed by atoms with Crippen LogP contribution in [0, 0.1) is 0 Å². The number of hydrogen-bond acceptors (Lipinski definition) is 3. The molecule has 1 aromatic rings. The van der Waals surface area contributed by atoms with Crippen LogP contribution < -0.4 is 5.73 Å². The van der Waals surface area contributed by atoms with E-state index in [2.05, 4.69) is 4.74 Å². The molecule has 1 atom stereocenters. The van der Waals surface area contributed by atoms with Gasteiger partial charge in [0, 0.05) is 6.54 Å². The average molecular weight is 234 g/mol. The van der Waals surface area contributed by atoms with Crippen molar-refractivity contribution in [2.24, 2.45) is 5.73 Å². The van der Waals surface area contributed by atoms with Crippen molar-refractivity contribution < 1.29 is 14.3 Å². The summed E-state index contributed by atoms with van der Waals surface area (Å²) in [5, 5.41) is 0. The molecule has 1 fully saturated rings. The van der Waals surface area contributed by atoms with Gasteiger partial charge < -0.3 is 15.4 Å². The topological polar surface area (TPSA) is 72.6 Å². The summed E-state index contributed by atoms with van der Waals surface area (Å²) in [4.78, 5) is 23.7. The predicted molar refractivity (Wildman–Crippen MR) is 61.2 cm³/mol. The second-order valence-corrected chi connectivity index (χ2v) is 3.95. The first-order valence-electron chi connectivity index (χ1n) is 5.51. The molecule has 2 N–H and O–H groups in total. The summed E-state index contributed by atoms with van der Waals surface area (Å²) >= 11 is 0. The van der Waals surface area contributed by atoms with Crippen LogP contribution in [0.2, 0.25) is 0 Å². The number of carbonyl (C=O) groups is 2. The third-order valence-corrected chi connectivity index (χ3v) is 2.86. The fraction of sp³-hybridized carbons (Fsp3) is 0.333. The van der Waals surface area contributed by atoms with Gasteiger partial charge in [0.2, 0.25) is 0 Å². The molecule has 0 radical (unpaired) electrons. The molecule has 1 unspecified atom stereocenters. The number of ether oxygens (including phenoxy) is 1. The van der Waals surface area contributed by atoms with Crippen LogP contribution >= 0.6 is 0 Å². The Morgan fingerprint density at radius 3 is 2.65 bits per heavy atom. The minimum atomic E-state index is -1.06. The maximum atomic E-state index is 11.6. The van der Waals surface area contributed by atoms with E-state index in [0.29, 0.717) is 6.54 Å². The molecule has 17 heavy (non-hydrogen) atoms. The van der Waals surface area contributed by atoms with Gasteiger partial charge in [0.1, 0.15) is 0 Å². The molecule has 1 aliphatic heterocycles. The number of likely N-dealkylation sites (tertiary alicyclic amines) is 1. The largest absolute Gasteiger partial charge is 0.419 e. The van der Waals surface area contributed by atoms with Crippen molar-refractivity contribution in [3.8, 4) is 0 Å². The fourth-order valence-corrected chi connectivity index (χ4v) is 2.15. The van der Waals surface area contributed by atoms with E-state index >= 15 is 0 Å². The Labute approximate surface area is 99.2 Å². The molecule has 5 nitrogen and oxygen atoms in total. The Kier molecular flexibility index (Phi) is 3.27. The molecule has 90 valence electrons. The molecule has 0 bridgehead atoms. The highest BCUT2D eigenvalue weighted by molar-refractivity contribution is 5.82. The number of primary amides is 1. The molecule has 1 heterocycles. The van der Waals surface area contributed by atoms with E-state index in [1.165, 1.54) is 0 Å². The van der Waals surface area contributed by atoms with Gasteiger partial charge in [0.15, 0.2) is 0 Å². The highest BCUT2D eigenvalue weighted by atomic mass is 16.6. The monoisotopic (exact) mass is 234 g/mol. The third kappa shape index (κ3) is 2.55. The molecule has 0 aliphatic carbocycles. The van der Waals surface area contributed by atoms with Crippen LogP contribution in [-0.4, -0.2) is 23.6 Å². The van der Waals surface area contributed by atoms with Crippen LogP contribution in [0.5, 0.6) is 0 Å². The summed E-state index contributed by atoms with van der Waals surface area (Å²) in [6.07, 6.45) is 0.0447. The molecule has 2 amide bonds. The van der Waals surface area contributed by atoms with Gasteiger partial charge in [0.05, 0.1) is 6.04 Å². The molecule has 1 aliphatic rings. The highest BCUT2D eigenvalue weighted by Crippen LogP contribution is 2.32. The van der Waals surface area contributed by atoms with Gasteiger partial charge in [-0.05, 0) is 18.4 Å². The van der Waals surface area contributed by atoms with Gasteiger partial charge in [-0.1, -0.05) is 30.3 Å². The molecule has 0 aromatic heterocycles. The molecule has 0 spiro atoms. The zero-order valence-corrected chi connectivity index (χ0v) is 9.33. The lowest BCUT2D eigenvalue weighted by molar-refractivity contribution is 0.118. The molecule has 0 saturated carbocycles. The zero-order chi connectivity index (χ0) is 12.3. The Bertz CT molecular complexity index is 419. The Balaban J connectivity index is 2.13. The minimum absolute atomic E-state index is 0.0250. The van der Waals surface area contributed by atoms with Gasteiger partial charge in [-0.3, -0.25) is 0 Å². The first kappa shape index (κ1) is 11.4. The second-order valence-electron chi connectivity index (χ2n) is 3.95. The molecule has 2 rings (SSSR count). The summed E-state index contributed by atoms with van der Waals surface area (Å²) in [5.41, 5.74) is 5.88. The number of rotatable bonds is 1. The van der Waals surface area contributed by atoms with Crippen LogP contribution in [-0.2, 0) is 4.74 Å². The second kappa shape index (κ2) is 4.86. The first-order valence-corrected chi connectivity index (χ1v) is 5.51. The Morgan fingerprint density at radius 2 is 2.00 bits per heavy atom. The Hall–Kier alpha value is -2.04. The molecule has 5 heteroatoms. The van der Waals surface area contributed by atoms with Crippen molar-refractivity contribution in [2.45, 2.75) is 18.9 Å². The van der Waals surface area contributed by atoms with Crippen molar-refractivity contribution in [3.63, 3.8) is 0 Å². The number of nitrogens with zero attached hydrogens (tertiary/aromatic N) is 1. The number of benzene rings is 1. The van der Waals surface area contributed by atoms with Crippen molar-refractivity contribution in [1.82, 2.24) is 4.90 Å². The molecular weight excluding hydrogens is 220 g/mol. The lowest BCUT2D eigenvalue weighted by Crippen LogP contribution is -2.34. The number of carbonyl (C=O) groups excluding carboxylic acids is 2. The first-order chi connectivity index (χ1) is 8.18. The van der Waals surface area contributed by atoms with Crippen molar-refractivity contribution in [3.05, 3.63) is 35.9 Å². The van der Waals surface area contributed by atoms with E-state index in [9.17, 15) is 9.59 Å². The van der Waals surface area contributed by atoms with Gasteiger partial charge in [0.25, 0.3) is 0 Å². The van der Waals surface area contributed by atoms with Crippen LogP contribution in [0.15, 0.2) is 30.3 Å². The fourth-order valence-electron chi connectivity index (χ4n) is 2.15. The van der Waals surface area contributed by atoms with Crippen LogP contribution in [0.3, 0.4) is 0 Å². The van der Waals surface area contributed by atoms with Gasteiger partial charge in [-0.2, -0.15) is 0 Å². The van der Waals surface area contributed by atoms with E-state index in [-0.39, 0.29) is 6.04 Å². The predicted octanol–water partition coefficient (Wildman–Crippen LogP) is 2.04. The van der Waals surface area contributed by atoms with Gasteiger partial charge in [-0.25, -0.2) is 9.59 Å². The van der Waals surface area contributed by atoms with Gasteiger partial charge >= 0.3 is 12.2 Å². The standard InChI is InChI=1S/C12H14N2O3/c13-11(15)17-12(16)14-8-4-7-10(14)9-5-2-1-3-6-9/h1-3,5-6,10H,4,7-8H2,(H2,13,15). The van der Waals surface area contributed by atoms with E-state index in [0.717, 1.165) is 18.4 Å². The summed E-state index contributed by atoms with van der Waals surface area (Å²) in [7, 11) is 0. The lowest BCUT2D eigenvalue weighted by Gasteiger charge is -2.23. The van der Waals surface area contributed by atoms with E-state index in [1.807, 2.05) is 30.3 Å². The number of hydrogen-bond donors (Lipinski definition) is 1. The lowest BCUT2D eigenvalue weighted by atomic mass is 10.1. The van der Waals surface area contributed by atoms with Crippen LogP contribution in [0.25, 0.3) is 0 Å². The van der Waals surface area contributed by atoms with Gasteiger partial charge in [-0.15, -0.1) is 0 Å². The molecule has 1 aromatic carbocycles. The van der Waals surface area contributed by atoms with Crippen molar-refractivity contribution >= 4 is 12.2 Å². The zero-order valence-electron chi connectivity index (χ0n) is 9.33. The van der Waals surface area contributed by atoms with Crippen LogP contribution in [0.4, 0.5) is 9.59 Å². The van der Waals surface area contributed by atoms with Crippen molar-refractivity contribution in [1.29, 1.82) is 0 Å². The average Bonchev–Trinajstić information content (AvgIpc) is 2.78. The maximum absolute atomic E-state index is 11.6. The quantitative estimate of drug-likeness (QED) is 0.756. The SMILES string of the molecule is NC(=O)OC(=O)N1CCCC1c1ccccc1. The highest BCUT2D eigenvalue weighted by Gasteiger charge is 2.31.